The molecule has 1 fully saturated rings. The molecule has 1 unspecified atom stereocenters. The fourth-order valence-corrected chi connectivity index (χ4v) is 0.741. The van der Waals surface area contributed by atoms with E-state index in [2.05, 4.69) is 0 Å². The number of aliphatic hydroxyl groups is 1. The highest BCUT2D eigenvalue weighted by molar-refractivity contribution is 4.64. The topological polar surface area (TPSA) is 38.7 Å². The molecule has 0 radical (unpaired) electrons. The van der Waals surface area contributed by atoms with Crippen LogP contribution in [0.4, 0.5) is 0 Å². The first-order valence-electron chi connectivity index (χ1n) is 2.65. The lowest BCUT2D eigenvalue weighted by Crippen LogP contribution is -2.07. The first kappa shape index (κ1) is 6.01. The maximum Gasteiger partial charge on any atom is 0.159 e. The van der Waals surface area contributed by atoms with E-state index in [0.717, 1.165) is 0 Å². The number of hydrogen-bond donors (Lipinski definition) is 1. The van der Waals surface area contributed by atoms with Crippen LogP contribution in [-0.4, -0.2) is 31.2 Å². The average molecular weight is 118 g/mol. The van der Waals surface area contributed by atoms with Gasteiger partial charge in [-0.1, -0.05) is 0 Å². The van der Waals surface area contributed by atoms with Gasteiger partial charge in [-0.15, -0.1) is 0 Å². The first-order chi connectivity index (χ1) is 3.83. The van der Waals surface area contributed by atoms with E-state index < -0.39 is 0 Å². The molecule has 1 aliphatic rings. The Morgan fingerprint density at radius 3 is 2.75 bits per heavy atom. The third-order valence-corrected chi connectivity index (χ3v) is 1.20. The highest BCUT2D eigenvalue weighted by Gasteiger charge is 2.22. The summed E-state index contributed by atoms with van der Waals surface area (Å²) in [5, 5.41) is 8.83. The summed E-state index contributed by atoms with van der Waals surface area (Å²) in [5.41, 5.74) is 0. The van der Waals surface area contributed by atoms with Crippen molar-refractivity contribution in [1.29, 1.82) is 0 Å². The number of aliphatic hydroxyl groups excluding tert-OH is 1. The summed E-state index contributed by atoms with van der Waals surface area (Å²) in [5.74, 6) is 0. The van der Waals surface area contributed by atoms with Crippen LogP contribution < -0.4 is 0 Å². The lowest BCUT2D eigenvalue weighted by Gasteiger charge is -2.03. The van der Waals surface area contributed by atoms with Crippen LogP contribution in [0.3, 0.4) is 0 Å². The van der Waals surface area contributed by atoms with Crippen LogP contribution in [0.5, 0.6) is 0 Å². The second-order valence-electron chi connectivity index (χ2n) is 1.89. The zero-order chi connectivity index (χ0) is 5.98. The summed E-state index contributed by atoms with van der Waals surface area (Å²) in [4.78, 5) is 0. The van der Waals surface area contributed by atoms with Gasteiger partial charge in [-0.3, -0.25) is 0 Å². The molecule has 0 amide bonds. The SMILES string of the molecule is COC1C[C@@H](O)CO1. The Kier molecular flexibility index (Phi) is 1.83. The number of hydrogen-bond acceptors (Lipinski definition) is 3. The van der Waals surface area contributed by atoms with Gasteiger partial charge >= 0.3 is 0 Å². The van der Waals surface area contributed by atoms with Crippen molar-refractivity contribution < 1.29 is 14.6 Å². The van der Waals surface area contributed by atoms with Crippen LogP contribution in [-0.2, 0) is 9.47 Å². The molecule has 0 bridgehead atoms. The summed E-state index contributed by atoms with van der Waals surface area (Å²) in [7, 11) is 1.57. The van der Waals surface area contributed by atoms with Crippen molar-refractivity contribution in [3.05, 3.63) is 0 Å². The van der Waals surface area contributed by atoms with Gasteiger partial charge in [0.25, 0.3) is 0 Å². The molecule has 0 aromatic rings. The van der Waals surface area contributed by atoms with Crippen molar-refractivity contribution in [2.24, 2.45) is 0 Å². The van der Waals surface area contributed by atoms with Gasteiger partial charge in [-0.05, 0) is 0 Å². The molecule has 0 aliphatic carbocycles. The molecular weight excluding hydrogens is 108 g/mol. The largest absolute Gasteiger partial charge is 0.391 e. The van der Waals surface area contributed by atoms with Gasteiger partial charge in [0.2, 0.25) is 0 Å². The van der Waals surface area contributed by atoms with E-state index in [-0.39, 0.29) is 12.4 Å². The number of methoxy groups -OCH3 is 1. The molecule has 0 spiro atoms. The van der Waals surface area contributed by atoms with Gasteiger partial charge < -0.3 is 14.6 Å². The van der Waals surface area contributed by atoms with Gasteiger partial charge in [-0.2, -0.15) is 0 Å². The second kappa shape index (κ2) is 2.44. The van der Waals surface area contributed by atoms with Crippen molar-refractivity contribution in [3.63, 3.8) is 0 Å². The third kappa shape index (κ3) is 1.18. The minimum Gasteiger partial charge on any atom is -0.391 e. The molecule has 1 saturated heterocycles. The Bertz CT molecular complexity index is 74.1. The molecule has 8 heavy (non-hydrogen) atoms. The highest BCUT2D eigenvalue weighted by atomic mass is 16.7. The van der Waals surface area contributed by atoms with Crippen LogP contribution in [0.25, 0.3) is 0 Å². The van der Waals surface area contributed by atoms with Crippen molar-refractivity contribution in [2.75, 3.05) is 13.7 Å². The van der Waals surface area contributed by atoms with Crippen LogP contribution >= 0.6 is 0 Å². The quantitative estimate of drug-likeness (QED) is 0.515. The summed E-state index contributed by atoms with van der Waals surface area (Å²) in [6.45, 7) is 0.415. The van der Waals surface area contributed by atoms with Crippen LogP contribution in [0.2, 0.25) is 0 Å². The Hall–Kier alpha value is -0.120. The Morgan fingerprint density at radius 2 is 2.50 bits per heavy atom. The molecule has 1 aliphatic heterocycles. The lowest BCUT2D eigenvalue weighted by atomic mass is 10.3. The first-order valence-corrected chi connectivity index (χ1v) is 2.65. The van der Waals surface area contributed by atoms with Crippen LogP contribution in [0.15, 0.2) is 0 Å². The summed E-state index contributed by atoms with van der Waals surface area (Å²) in [6.07, 6.45) is 0.112. The zero-order valence-electron chi connectivity index (χ0n) is 4.83. The molecule has 1 rings (SSSR count). The highest BCUT2D eigenvalue weighted by Crippen LogP contribution is 2.12. The maximum atomic E-state index is 8.83. The molecule has 3 heteroatoms. The van der Waals surface area contributed by atoms with Crippen molar-refractivity contribution in [3.8, 4) is 0 Å². The molecule has 1 N–H and O–H groups in total. The fourth-order valence-electron chi connectivity index (χ4n) is 0.741. The van der Waals surface area contributed by atoms with Gasteiger partial charge in [0.1, 0.15) is 0 Å². The van der Waals surface area contributed by atoms with E-state index in [0.29, 0.717) is 13.0 Å². The average Bonchev–Trinajstić information content (AvgIpc) is 2.14. The monoisotopic (exact) mass is 118 g/mol. The molecule has 0 aromatic carbocycles. The molecule has 2 atom stereocenters. The summed E-state index contributed by atoms with van der Waals surface area (Å²) < 4.78 is 9.74. The standard InChI is InChI=1S/C5H10O3/c1-7-5-2-4(6)3-8-5/h4-6H,2-3H2,1H3/t4-,5?/m1/s1. The molecule has 0 aromatic heterocycles. The number of ether oxygens (including phenoxy) is 2. The van der Waals surface area contributed by atoms with E-state index in [1.807, 2.05) is 0 Å². The van der Waals surface area contributed by atoms with E-state index in [9.17, 15) is 0 Å². The smallest absolute Gasteiger partial charge is 0.159 e. The minimum absolute atomic E-state index is 0.176. The van der Waals surface area contributed by atoms with Gasteiger partial charge in [0.05, 0.1) is 12.7 Å². The molecule has 3 nitrogen and oxygen atoms in total. The van der Waals surface area contributed by atoms with Crippen molar-refractivity contribution in [2.45, 2.75) is 18.8 Å². The molecule has 0 saturated carbocycles. The van der Waals surface area contributed by atoms with E-state index >= 15 is 0 Å². The van der Waals surface area contributed by atoms with Gasteiger partial charge in [0, 0.05) is 13.5 Å². The minimum atomic E-state index is -0.319. The Morgan fingerprint density at radius 1 is 1.75 bits per heavy atom. The van der Waals surface area contributed by atoms with E-state index in [1.165, 1.54) is 0 Å². The van der Waals surface area contributed by atoms with Crippen LogP contribution in [0, 0.1) is 0 Å². The fraction of sp³-hybridized carbons (Fsp3) is 1.00. The van der Waals surface area contributed by atoms with Gasteiger partial charge in [-0.25, -0.2) is 0 Å². The van der Waals surface area contributed by atoms with Crippen LogP contribution in [0.1, 0.15) is 6.42 Å². The van der Waals surface area contributed by atoms with Crippen molar-refractivity contribution >= 4 is 0 Å². The van der Waals surface area contributed by atoms with E-state index in [4.69, 9.17) is 14.6 Å². The lowest BCUT2D eigenvalue weighted by molar-refractivity contribution is -0.0882. The van der Waals surface area contributed by atoms with Crippen molar-refractivity contribution in [1.82, 2.24) is 0 Å². The Balaban J connectivity index is 2.22. The van der Waals surface area contributed by atoms with E-state index in [1.54, 1.807) is 7.11 Å². The number of rotatable bonds is 1. The maximum absolute atomic E-state index is 8.83. The predicted molar refractivity (Wildman–Crippen MR) is 27.4 cm³/mol. The second-order valence-corrected chi connectivity index (χ2v) is 1.89. The zero-order valence-corrected chi connectivity index (χ0v) is 4.83. The Labute approximate surface area is 48.2 Å². The molecular formula is C5H10O3. The summed E-state index contributed by atoms with van der Waals surface area (Å²) >= 11 is 0. The normalized spacial score (nSPS) is 38.2. The third-order valence-electron chi connectivity index (χ3n) is 1.20. The predicted octanol–water partition coefficient (Wildman–Crippen LogP) is -0.260. The molecule has 48 valence electrons. The molecule has 1 heterocycles. The summed E-state index contributed by atoms with van der Waals surface area (Å²) in [6, 6.07) is 0. The van der Waals surface area contributed by atoms with Gasteiger partial charge in [0.15, 0.2) is 6.29 Å².